The number of halogens is 3. The summed E-state index contributed by atoms with van der Waals surface area (Å²) in [5, 5.41) is 13.8. The molecule has 0 aliphatic heterocycles. The quantitative estimate of drug-likeness (QED) is 0.206. The molecule has 210 valence electrons. The second-order valence-corrected chi connectivity index (χ2v) is 10.8. The van der Waals surface area contributed by atoms with E-state index in [1.54, 1.807) is 4.57 Å². The molecule has 0 radical (unpaired) electrons. The highest BCUT2D eigenvalue weighted by molar-refractivity contribution is 6.13. The third kappa shape index (κ3) is 3.83. The monoisotopic (exact) mass is 577 g/mol. The lowest BCUT2D eigenvalue weighted by Crippen LogP contribution is -2.12. The van der Waals surface area contributed by atoms with Crippen LogP contribution < -0.4 is 0 Å². The molecule has 2 heterocycles. The van der Waals surface area contributed by atoms with Crippen LogP contribution in [0.15, 0.2) is 133 Å². The molecule has 0 fully saturated rings. The molecule has 8 rings (SSSR count). The summed E-state index contributed by atoms with van der Waals surface area (Å²) in [4.78, 5) is 0. The normalized spacial score (nSPS) is 12.0. The van der Waals surface area contributed by atoms with E-state index < -0.39 is 11.7 Å². The minimum atomic E-state index is -4.65. The molecule has 0 unspecified atom stereocenters. The molecule has 0 saturated carbocycles. The molecule has 0 amide bonds. The van der Waals surface area contributed by atoms with E-state index in [0.29, 0.717) is 11.0 Å². The number of hydrogen-bond donors (Lipinski definition) is 0. The summed E-state index contributed by atoms with van der Waals surface area (Å²) in [6, 6.07) is 43.7. The van der Waals surface area contributed by atoms with Crippen LogP contribution >= 0.6 is 0 Å². The zero-order valence-corrected chi connectivity index (χ0v) is 23.2. The van der Waals surface area contributed by atoms with Crippen molar-refractivity contribution in [1.29, 1.82) is 5.26 Å². The van der Waals surface area contributed by atoms with Gasteiger partial charge in [-0.1, -0.05) is 78.9 Å². The minimum Gasteiger partial charge on any atom is -0.309 e. The Morgan fingerprint density at radius 3 is 1.75 bits per heavy atom. The first-order valence-corrected chi connectivity index (χ1v) is 14.2. The second kappa shape index (κ2) is 9.62. The molecule has 0 bridgehead atoms. The highest BCUT2D eigenvalue weighted by Gasteiger charge is 2.36. The summed E-state index contributed by atoms with van der Waals surface area (Å²) in [5.41, 5.74) is 5.03. The predicted octanol–water partition coefficient (Wildman–Crippen LogP) is 10.4. The molecule has 3 nitrogen and oxygen atoms in total. The highest BCUT2D eigenvalue weighted by Crippen LogP contribution is 2.42. The molecule has 2 aromatic heterocycles. The maximum atomic E-state index is 14.5. The Morgan fingerprint density at radius 2 is 1.09 bits per heavy atom. The summed E-state index contributed by atoms with van der Waals surface area (Å²) in [5.74, 6) is 0. The number of fused-ring (bicyclic) bond motifs is 6. The van der Waals surface area contributed by atoms with Gasteiger partial charge in [-0.05, 0) is 65.7 Å². The number of nitriles is 1. The van der Waals surface area contributed by atoms with Crippen molar-refractivity contribution < 1.29 is 13.2 Å². The number of alkyl halides is 3. The average molecular weight is 578 g/mol. The van der Waals surface area contributed by atoms with Crippen LogP contribution in [0.2, 0.25) is 0 Å². The van der Waals surface area contributed by atoms with Crippen LogP contribution in [0.5, 0.6) is 0 Å². The van der Waals surface area contributed by atoms with E-state index in [4.69, 9.17) is 0 Å². The van der Waals surface area contributed by atoms with Gasteiger partial charge in [0.25, 0.3) is 0 Å². The van der Waals surface area contributed by atoms with Crippen molar-refractivity contribution >= 4 is 43.6 Å². The van der Waals surface area contributed by atoms with Gasteiger partial charge in [0.1, 0.15) is 6.07 Å². The summed E-state index contributed by atoms with van der Waals surface area (Å²) in [6.07, 6.45) is -4.65. The van der Waals surface area contributed by atoms with E-state index in [1.165, 1.54) is 12.1 Å². The summed E-state index contributed by atoms with van der Waals surface area (Å²) >= 11 is 0. The van der Waals surface area contributed by atoms with Crippen LogP contribution in [-0.2, 0) is 6.18 Å². The van der Waals surface area contributed by atoms with Crippen molar-refractivity contribution in [1.82, 2.24) is 9.13 Å². The van der Waals surface area contributed by atoms with Crippen LogP contribution in [0.4, 0.5) is 13.2 Å². The first-order valence-electron chi connectivity index (χ1n) is 14.2. The molecular weight excluding hydrogens is 555 g/mol. The molecule has 0 N–H and O–H groups in total. The number of para-hydroxylation sites is 3. The fraction of sp³-hybridized carbons (Fsp3) is 0.0263. The number of aromatic nitrogens is 2. The van der Waals surface area contributed by atoms with Gasteiger partial charge >= 0.3 is 6.18 Å². The lowest BCUT2D eigenvalue weighted by Gasteiger charge is -2.17. The van der Waals surface area contributed by atoms with Gasteiger partial charge in [0.05, 0.1) is 38.9 Å². The molecule has 6 heteroatoms. The van der Waals surface area contributed by atoms with Crippen molar-refractivity contribution in [3.63, 3.8) is 0 Å². The first kappa shape index (κ1) is 25.9. The van der Waals surface area contributed by atoms with Crippen molar-refractivity contribution in [3.05, 3.63) is 145 Å². The average Bonchev–Trinajstić information content (AvgIpc) is 3.56. The number of rotatable bonds is 3. The Balaban J connectivity index is 1.50. The van der Waals surface area contributed by atoms with Crippen LogP contribution in [0.1, 0.15) is 11.1 Å². The molecule has 0 spiro atoms. The Bertz CT molecular complexity index is 2390. The van der Waals surface area contributed by atoms with Gasteiger partial charge in [-0.15, -0.1) is 0 Å². The molecule has 6 aromatic carbocycles. The minimum absolute atomic E-state index is 0.0442. The zero-order valence-electron chi connectivity index (χ0n) is 23.2. The third-order valence-corrected chi connectivity index (χ3v) is 8.38. The summed E-state index contributed by atoms with van der Waals surface area (Å²) < 4.78 is 47.2. The van der Waals surface area contributed by atoms with E-state index in [2.05, 4.69) is 28.8 Å². The van der Waals surface area contributed by atoms with Crippen LogP contribution in [-0.4, -0.2) is 9.13 Å². The van der Waals surface area contributed by atoms with Gasteiger partial charge in [-0.3, -0.25) is 0 Å². The SMILES string of the molecule is N#Cc1cccc(C(F)(F)F)c1-n1c2ccc(-c3ccccc3)cc2c2cc(-n3c4ccccc4c4ccccc43)ccc21. The molecule has 0 aliphatic carbocycles. The smallest absolute Gasteiger partial charge is 0.309 e. The molecule has 0 saturated heterocycles. The Morgan fingerprint density at radius 1 is 0.500 bits per heavy atom. The van der Waals surface area contributed by atoms with Gasteiger partial charge in [0, 0.05) is 27.2 Å². The number of nitrogens with zero attached hydrogens (tertiary/aromatic N) is 3. The van der Waals surface area contributed by atoms with E-state index in [-0.39, 0.29) is 11.3 Å². The lowest BCUT2D eigenvalue weighted by molar-refractivity contribution is -0.137. The number of hydrogen-bond acceptors (Lipinski definition) is 1. The van der Waals surface area contributed by atoms with E-state index in [1.807, 2.05) is 97.1 Å². The first-order chi connectivity index (χ1) is 21.4. The summed E-state index contributed by atoms with van der Waals surface area (Å²) in [7, 11) is 0. The molecule has 44 heavy (non-hydrogen) atoms. The maximum Gasteiger partial charge on any atom is 0.418 e. The largest absolute Gasteiger partial charge is 0.418 e. The molecular formula is C38H22F3N3. The zero-order chi connectivity index (χ0) is 30.0. The predicted molar refractivity (Wildman–Crippen MR) is 170 cm³/mol. The molecule has 8 aromatic rings. The van der Waals surface area contributed by atoms with Crippen LogP contribution in [0.3, 0.4) is 0 Å². The van der Waals surface area contributed by atoms with E-state index >= 15 is 0 Å². The van der Waals surface area contributed by atoms with Gasteiger partial charge in [0.2, 0.25) is 0 Å². The Kier molecular flexibility index (Phi) is 5.65. The van der Waals surface area contributed by atoms with E-state index in [0.717, 1.165) is 55.5 Å². The Hall–Kier alpha value is -5.80. The Labute approximate surface area is 250 Å². The second-order valence-electron chi connectivity index (χ2n) is 10.8. The van der Waals surface area contributed by atoms with Gasteiger partial charge in [-0.25, -0.2) is 0 Å². The topological polar surface area (TPSA) is 33.6 Å². The van der Waals surface area contributed by atoms with Crippen LogP contribution in [0, 0.1) is 11.3 Å². The van der Waals surface area contributed by atoms with Crippen molar-refractivity contribution in [2.75, 3.05) is 0 Å². The number of benzene rings is 6. The van der Waals surface area contributed by atoms with Gasteiger partial charge in [0.15, 0.2) is 0 Å². The fourth-order valence-electron chi connectivity index (χ4n) is 6.51. The van der Waals surface area contributed by atoms with E-state index in [9.17, 15) is 18.4 Å². The maximum absolute atomic E-state index is 14.5. The molecule has 0 atom stereocenters. The van der Waals surface area contributed by atoms with Crippen molar-refractivity contribution in [2.45, 2.75) is 6.18 Å². The van der Waals surface area contributed by atoms with Crippen molar-refractivity contribution in [3.8, 4) is 28.6 Å². The summed E-state index contributed by atoms with van der Waals surface area (Å²) in [6.45, 7) is 0. The van der Waals surface area contributed by atoms with Crippen molar-refractivity contribution in [2.24, 2.45) is 0 Å². The molecule has 0 aliphatic rings. The highest BCUT2D eigenvalue weighted by atomic mass is 19.4. The van der Waals surface area contributed by atoms with Crippen LogP contribution in [0.25, 0.3) is 66.1 Å². The third-order valence-electron chi connectivity index (χ3n) is 8.38. The standard InChI is InChI=1S/C38H22F3N3/c39-38(40,41)32-14-8-11-26(23-42)37(32)44-35-19-17-25(24-9-2-1-3-10-24)21-30(35)31-22-27(18-20-36(31)44)43-33-15-6-4-12-28(33)29-13-5-7-16-34(29)43/h1-22H. The van der Waals surface area contributed by atoms with Gasteiger partial charge in [-0.2, -0.15) is 18.4 Å². The van der Waals surface area contributed by atoms with Gasteiger partial charge < -0.3 is 9.13 Å². The fourth-order valence-corrected chi connectivity index (χ4v) is 6.51. The lowest BCUT2D eigenvalue weighted by atomic mass is 10.0.